The third-order valence-corrected chi connectivity index (χ3v) is 4.55. The third kappa shape index (κ3) is 3.45. The van der Waals surface area contributed by atoms with E-state index in [0.717, 1.165) is 6.20 Å². The first kappa shape index (κ1) is 16.6. The largest absolute Gasteiger partial charge is 0.337 e. The summed E-state index contributed by atoms with van der Waals surface area (Å²) in [7, 11) is 0. The van der Waals surface area contributed by atoms with Crippen LogP contribution >= 0.6 is 11.3 Å². The molecule has 9 heteroatoms. The molecular formula is C15H16F2N4O2S. The molecule has 1 aliphatic heterocycles. The summed E-state index contributed by atoms with van der Waals surface area (Å²) >= 11 is 1.46. The Kier molecular flexibility index (Phi) is 4.89. The lowest BCUT2D eigenvalue weighted by Gasteiger charge is -2.21. The van der Waals surface area contributed by atoms with E-state index in [9.17, 15) is 18.4 Å². The number of aromatic nitrogens is 2. The summed E-state index contributed by atoms with van der Waals surface area (Å²) in [5.41, 5.74) is 0.642. The fourth-order valence-corrected chi connectivity index (χ4v) is 3.24. The maximum absolute atomic E-state index is 12.6. The Balaban J connectivity index is 1.64. The highest BCUT2D eigenvalue weighted by molar-refractivity contribution is 7.08. The first-order valence-corrected chi connectivity index (χ1v) is 8.44. The summed E-state index contributed by atoms with van der Waals surface area (Å²) < 4.78 is 25.6. The van der Waals surface area contributed by atoms with E-state index in [-0.39, 0.29) is 17.5 Å². The molecule has 3 heterocycles. The zero-order valence-electron chi connectivity index (χ0n) is 12.8. The predicted octanol–water partition coefficient (Wildman–Crippen LogP) is 2.33. The van der Waals surface area contributed by atoms with Gasteiger partial charge >= 0.3 is 6.55 Å². The van der Waals surface area contributed by atoms with Crippen molar-refractivity contribution in [1.29, 1.82) is 0 Å². The van der Waals surface area contributed by atoms with Crippen LogP contribution in [-0.4, -0.2) is 57.6 Å². The smallest absolute Gasteiger partial charge is 0.333 e. The molecule has 0 saturated carbocycles. The van der Waals surface area contributed by atoms with E-state index in [1.54, 1.807) is 21.2 Å². The number of alkyl halides is 2. The number of thiophene rings is 1. The maximum atomic E-state index is 12.6. The summed E-state index contributed by atoms with van der Waals surface area (Å²) in [5.74, 6) is -0.438. The number of carbonyl (C=O) groups excluding carboxylic acids is 2. The number of nitrogens with zero attached hydrogens (tertiary/aromatic N) is 4. The molecule has 0 spiro atoms. The van der Waals surface area contributed by atoms with Crippen LogP contribution in [0.5, 0.6) is 0 Å². The number of rotatable bonds is 3. The maximum Gasteiger partial charge on any atom is 0.333 e. The molecule has 3 rings (SSSR count). The van der Waals surface area contributed by atoms with Crippen molar-refractivity contribution >= 4 is 23.2 Å². The number of halogens is 2. The number of carbonyl (C=O) groups is 2. The van der Waals surface area contributed by atoms with Crippen LogP contribution in [0.2, 0.25) is 0 Å². The van der Waals surface area contributed by atoms with Crippen LogP contribution in [0, 0.1) is 0 Å². The minimum atomic E-state index is -2.77. The van der Waals surface area contributed by atoms with Crippen molar-refractivity contribution in [3.8, 4) is 0 Å². The highest BCUT2D eigenvalue weighted by Crippen LogP contribution is 2.14. The van der Waals surface area contributed by atoms with Gasteiger partial charge in [-0.2, -0.15) is 25.2 Å². The summed E-state index contributed by atoms with van der Waals surface area (Å²) in [4.78, 5) is 28.0. The molecule has 0 radical (unpaired) electrons. The van der Waals surface area contributed by atoms with Gasteiger partial charge in [0.2, 0.25) is 0 Å². The molecule has 1 fully saturated rings. The highest BCUT2D eigenvalue weighted by atomic mass is 32.1. The van der Waals surface area contributed by atoms with Crippen LogP contribution in [0.4, 0.5) is 8.78 Å². The van der Waals surface area contributed by atoms with Gasteiger partial charge in [-0.3, -0.25) is 9.59 Å². The van der Waals surface area contributed by atoms with Gasteiger partial charge in [-0.25, -0.2) is 4.68 Å². The zero-order chi connectivity index (χ0) is 17.1. The van der Waals surface area contributed by atoms with Crippen LogP contribution in [0.15, 0.2) is 29.1 Å². The standard InChI is InChI=1S/C15H16F2N4O2S/c16-15(17)21-6-2-12(18-21)14(23)20-5-1-4-19(7-8-20)13(22)11-3-9-24-10-11/h2-3,6,9-10,15H,1,4-5,7-8H2. The van der Waals surface area contributed by atoms with Gasteiger partial charge in [-0.1, -0.05) is 0 Å². The molecular weight excluding hydrogens is 338 g/mol. The van der Waals surface area contributed by atoms with Gasteiger partial charge in [0.25, 0.3) is 11.8 Å². The van der Waals surface area contributed by atoms with Crippen molar-refractivity contribution in [1.82, 2.24) is 19.6 Å². The normalized spacial score (nSPS) is 15.6. The van der Waals surface area contributed by atoms with Crippen molar-refractivity contribution in [2.45, 2.75) is 13.0 Å². The van der Waals surface area contributed by atoms with E-state index in [1.165, 1.54) is 17.4 Å². The minimum Gasteiger partial charge on any atom is -0.337 e. The molecule has 0 unspecified atom stereocenters. The van der Waals surface area contributed by atoms with Gasteiger partial charge in [0.1, 0.15) is 0 Å². The Hall–Kier alpha value is -2.29. The Morgan fingerprint density at radius 2 is 1.79 bits per heavy atom. The second kappa shape index (κ2) is 7.08. The summed E-state index contributed by atoms with van der Waals surface area (Å²) in [5, 5.41) is 7.25. The lowest BCUT2D eigenvalue weighted by atomic mass is 10.3. The van der Waals surface area contributed by atoms with Crippen molar-refractivity contribution in [2.24, 2.45) is 0 Å². The fourth-order valence-electron chi connectivity index (χ4n) is 2.62. The second-order valence-electron chi connectivity index (χ2n) is 5.41. The Bertz CT molecular complexity index is 717. The van der Waals surface area contributed by atoms with E-state index >= 15 is 0 Å². The SMILES string of the molecule is O=C(c1ccsc1)N1CCCN(C(=O)c2ccn(C(F)F)n2)CC1. The first-order valence-electron chi connectivity index (χ1n) is 7.50. The molecule has 0 aromatic carbocycles. The van der Waals surface area contributed by atoms with Gasteiger partial charge in [-0.15, -0.1) is 0 Å². The Morgan fingerprint density at radius 1 is 1.08 bits per heavy atom. The second-order valence-corrected chi connectivity index (χ2v) is 6.19. The first-order chi connectivity index (χ1) is 11.6. The van der Waals surface area contributed by atoms with Gasteiger partial charge < -0.3 is 9.80 Å². The number of amides is 2. The van der Waals surface area contributed by atoms with Gasteiger partial charge in [0.05, 0.1) is 5.56 Å². The quantitative estimate of drug-likeness (QED) is 0.850. The Labute approximate surface area is 141 Å². The molecule has 6 nitrogen and oxygen atoms in total. The lowest BCUT2D eigenvalue weighted by Crippen LogP contribution is -2.37. The molecule has 0 atom stereocenters. The topological polar surface area (TPSA) is 58.4 Å². The third-order valence-electron chi connectivity index (χ3n) is 3.87. The molecule has 1 aliphatic rings. The number of hydrogen-bond donors (Lipinski definition) is 0. The molecule has 2 amide bonds. The molecule has 0 aliphatic carbocycles. The van der Waals surface area contributed by atoms with E-state index in [0.29, 0.717) is 42.8 Å². The van der Waals surface area contributed by atoms with Crippen LogP contribution in [-0.2, 0) is 0 Å². The minimum absolute atomic E-state index is 0.00656. The highest BCUT2D eigenvalue weighted by Gasteiger charge is 2.25. The average Bonchev–Trinajstić information content (AvgIpc) is 3.21. The average molecular weight is 354 g/mol. The lowest BCUT2D eigenvalue weighted by molar-refractivity contribution is 0.0550. The monoisotopic (exact) mass is 354 g/mol. The molecule has 0 N–H and O–H groups in total. The van der Waals surface area contributed by atoms with Crippen molar-refractivity contribution in [3.05, 3.63) is 40.3 Å². The van der Waals surface area contributed by atoms with Crippen LogP contribution in [0.25, 0.3) is 0 Å². The molecule has 0 bridgehead atoms. The fraction of sp³-hybridized carbons (Fsp3) is 0.400. The predicted molar refractivity (Wildman–Crippen MR) is 84.2 cm³/mol. The summed E-state index contributed by atoms with van der Waals surface area (Å²) in [6.07, 6.45) is 1.72. The van der Waals surface area contributed by atoms with Crippen molar-refractivity contribution in [3.63, 3.8) is 0 Å². The Morgan fingerprint density at radius 3 is 2.38 bits per heavy atom. The van der Waals surface area contributed by atoms with Crippen LogP contribution in [0.1, 0.15) is 33.8 Å². The van der Waals surface area contributed by atoms with E-state index < -0.39 is 6.55 Å². The van der Waals surface area contributed by atoms with E-state index in [2.05, 4.69) is 5.10 Å². The van der Waals surface area contributed by atoms with Crippen molar-refractivity contribution < 1.29 is 18.4 Å². The van der Waals surface area contributed by atoms with Crippen LogP contribution < -0.4 is 0 Å². The molecule has 2 aromatic rings. The summed E-state index contributed by atoms with van der Waals surface area (Å²) in [6, 6.07) is 3.06. The van der Waals surface area contributed by atoms with E-state index in [1.807, 2.05) is 5.38 Å². The molecule has 2 aromatic heterocycles. The van der Waals surface area contributed by atoms with Gasteiger partial charge in [0.15, 0.2) is 5.69 Å². The van der Waals surface area contributed by atoms with E-state index in [4.69, 9.17) is 0 Å². The summed E-state index contributed by atoms with van der Waals surface area (Å²) in [6.45, 7) is -0.973. The molecule has 128 valence electrons. The molecule has 24 heavy (non-hydrogen) atoms. The number of hydrogen-bond acceptors (Lipinski definition) is 4. The van der Waals surface area contributed by atoms with Gasteiger partial charge in [-0.05, 0) is 23.9 Å². The zero-order valence-corrected chi connectivity index (χ0v) is 13.6. The van der Waals surface area contributed by atoms with Gasteiger partial charge in [0, 0.05) is 37.8 Å². The van der Waals surface area contributed by atoms with Crippen LogP contribution in [0.3, 0.4) is 0 Å². The molecule has 1 saturated heterocycles. The van der Waals surface area contributed by atoms with Crippen molar-refractivity contribution in [2.75, 3.05) is 26.2 Å².